The Morgan fingerprint density at radius 3 is 2.00 bits per heavy atom. The van der Waals surface area contributed by atoms with Crippen LogP contribution in [0.5, 0.6) is 0 Å². The maximum absolute atomic E-state index is 3.49. The molecule has 0 aromatic carbocycles. The molecule has 0 aliphatic rings. The van der Waals surface area contributed by atoms with Crippen LogP contribution in [0.3, 0.4) is 0 Å². The third kappa shape index (κ3) is 11.3. The molecule has 0 nitrogen and oxygen atoms in total. The van der Waals surface area contributed by atoms with Gasteiger partial charge < -0.3 is 0 Å². The van der Waals surface area contributed by atoms with Gasteiger partial charge in [0.2, 0.25) is 0 Å². The molecule has 0 saturated heterocycles. The van der Waals surface area contributed by atoms with Gasteiger partial charge in [-0.3, -0.25) is 10.2 Å². The fourth-order valence-corrected chi connectivity index (χ4v) is 0. The SMILES string of the molecule is C=CC[SiH2-].[Na+]. The van der Waals surface area contributed by atoms with Gasteiger partial charge >= 0.3 is 29.6 Å². The van der Waals surface area contributed by atoms with Crippen LogP contribution < -0.4 is 29.6 Å². The fraction of sp³-hybridized carbons (Fsp3) is 0.333. The third-order valence-electron chi connectivity index (χ3n) is 0.204. The molecular weight excluding hydrogens is 87.1 g/mol. The molecule has 0 atom stereocenters. The predicted octanol–water partition coefficient (Wildman–Crippen LogP) is -2.77. The van der Waals surface area contributed by atoms with Crippen molar-refractivity contribution >= 4 is 10.2 Å². The van der Waals surface area contributed by atoms with Crippen molar-refractivity contribution in [2.75, 3.05) is 0 Å². The van der Waals surface area contributed by atoms with E-state index in [1.54, 1.807) is 0 Å². The second-order valence-electron chi connectivity index (χ2n) is 0.577. The van der Waals surface area contributed by atoms with E-state index in [0.717, 1.165) is 6.04 Å². The minimum absolute atomic E-state index is 0. The minimum Gasteiger partial charge on any atom is -0.292 e. The van der Waals surface area contributed by atoms with E-state index in [1.165, 1.54) is 0 Å². The Hall–Kier alpha value is 0.957. The zero-order chi connectivity index (χ0) is 3.41. The summed E-state index contributed by atoms with van der Waals surface area (Å²) in [5.74, 6) is 0. The molecule has 2 heteroatoms. The maximum atomic E-state index is 3.49. The summed E-state index contributed by atoms with van der Waals surface area (Å²) >= 11 is 0. The average Bonchev–Trinajstić information content (AvgIpc) is 1.37. The molecule has 0 rings (SSSR count). The monoisotopic (exact) mass is 94.0 g/mol. The summed E-state index contributed by atoms with van der Waals surface area (Å²) in [5.41, 5.74) is 0. The van der Waals surface area contributed by atoms with E-state index in [1.807, 2.05) is 16.3 Å². The molecule has 0 bridgehead atoms. The van der Waals surface area contributed by atoms with Crippen LogP contribution in [-0.4, -0.2) is 10.2 Å². The van der Waals surface area contributed by atoms with Crippen molar-refractivity contribution in [1.29, 1.82) is 0 Å². The molecule has 0 heterocycles. The van der Waals surface area contributed by atoms with Gasteiger partial charge in [0.1, 0.15) is 0 Å². The maximum Gasteiger partial charge on any atom is 1.00 e. The second-order valence-corrected chi connectivity index (χ2v) is 1.15. The van der Waals surface area contributed by atoms with Crippen LogP contribution >= 0.6 is 0 Å². The first-order chi connectivity index (χ1) is 1.91. The molecule has 0 amide bonds. The van der Waals surface area contributed by atoms with Gasteiger partial charge in [0.25, 0.3) is 0 Å². The first kappa shape index (κ1) is 9.35. The van der Waals surface area contributed by atoms with Crippen molar-refractivity contribution in [3.8, 4) is 0 Å². The van der Waals surface area contributed by atoms with E-state index in [-0.39, 0.29) is 29.6 Å². The third-order valence-corrected chi connectivity index (χ3v) is 0.612. The van der Waals surface area contributed by atoms with Crippen LogP contribution in [0.25, 0.3) is 0 Å². The molecule has 0 aromatic rings. The average molecular weight is 94.2 g/mol. The van der Waals surface area contributed by atoms with Gasteiger partial charge in [0.05, 0.1) is 0 Å². The Balaban J connectivity index is 0. The van der Waals surface area contributed by atoms with Crippen LogP contribution in [0.2, 0.25) is 6.04 Å². The van der Waals surface area contributed by atoms with E-state index in [4.69, 9.17) is 0 Å². The number of rotatable bonds is 1. The quantitative estimate of drug-likeness (QED) is 0.244. The number of allylic oxidation sites excluding steroid dienone is 1. The van der Waals surface area contributed by atoms with Gasteiger partial charge in [-0.15, -0.1) is 12.7 Å². The van der Waals surface area contributed by atoms with E-state index in [0.29, 0.717) is 0 Å². The molecule has 0 aliphatic carbocycles. The second kappa shape index (κ2) is 8.88. The Bertz CT molecular complexity index is 20.9. The molecule has 24 valence electrons. The van der Waals surface area contributed by atoms with E-state index < -0.39 is 0 Å². The van der Waals surface area contributed by atoms with Crippen LogP contribution in [0.4, 0.5) is 0 Å². The van der Waals surface area contributed by atoms with Crippen molar-refractivity contribution in [2.24, 2.45) is 0 Å². The zero-order valence-electron chi connectivity index (χ0n) is 3.70. The Morgan fingerprint density at radius 1 is 1.80 bits per heavy atom. The van der Waals surface area contributed by atoms with Crippen molar-refractivity contribution in [2.45, 2.75) is 6.04 Å². The molecular formula is C3H7NaSi. The molecule has 0 spiro atoms. The summed E-state index contributed by atoms with van der Waals surface area (Å²) < 4.78 is 0. The van der Waals surface area contributed by atoms with Gasteiger partial charge in [0.15, 0.2) is 0 Å². The zero-order valence-corrected chi connectivity index (χ0v) is 7.11. The van der Waals surface area contributed by atoms with Crippen LogP contribution in [-0.2, 0) is 0 Å². The van der Waals surface area contributed by atoms with Gasteiger partial charge in [-0.1, -0.05) is 0 Å². The summed E-state index contributed by atoms with van der Waals surface area (Å²) in [5, 5.41) is 0. The standard InChI is InChI=1S/C3H7Si.Na/c1-2-3-4;/h2H,1,3-4H2;/q-1;+1. The summed E-state index contributed by atoms with van der Waals surface area (Å²) in [4.78, 5) is 0. The Kier molecular flexibility index (Phi) is 16.6. The smallest absolute Gasteiger partial charge is 0.292 e. The summed E-state index contributed by atoms with van der Waals surface area (Å²) in [7, 11) is 1.90. The summed E-state index contributed by atoms with van der Waals surface area (Å²) in [6.07, 6.45) is 1.89. The van der Waals surface area contributed by atoms with E-state index >= 15 is 0 Å². The molecule has 0 fully saturated rings. The van der Waals surface area contributed by atoms with Crippen molar-refractivity contribution in [3.63, 3.8) is 0 Å². The topological polar surface area (TPSA) is 0 Å². The summed E-state index contributed by atoms with van der Waals surface area (Å²) in [6, 6.07) is 1.11. The number of hydrogen-bond acceptors (Lipinski definition) is 0. The van der Waals surface area contributed by atoms with E-state index in [2.05, 4.69) is 6.58 Å². The van der Waals surface area contributed by atoms with Gasteiger partial charge in [-0.25, -0.2) is 0 Å². The Morgan fingerprint density at radius 2 is 2.00 bits per heavy atom. The minimum atomic E-state index is 0. The van der Waals surface area contributed by atoms with Crippen LogP contribution in [0.15, 0.2) is 12.7 Å². The molecule has 0 aliphatic heterocycles. The number of hydrogen-bond donors (Lipinski definition) is 0. The largest absolute Gasteiger partial charge is 1.00 e. The van der Waals surface area contributed by atoms with Crippen LogP contribution in [0, 0.1) is 0 Å². The molecule has 0 unspecified atom stereocenters. The first-order valence-corrected chi connectivity index (χ1v) is 2.32. The summed E-state index contributed by atoms with van der Waals surface area (Å²) in [6.45, 7) is 3.49. The first-order valence-electron chi connectivity index (χ1n) is 1.32. The predicted molar refractivity (Wildman–Crippen MR) is 23.5 cm³/mol. The molecule has 0 N–H and O–H groups in total. The Labute approximate surface area is 58.4 Å². The van der Waals surface area contributed by atoms with Gasteiger partial charge in [-0.2, -0.15) is 6.04 Å². The van der Waals surface area contributed by atoms with Crippen molar-refractivity contribution in [3.05, 3.63) is 12.7 Å². The molecule has 0 saturated carbocycles. The fourth-order valence-electron chi connectivity index (χ4n) is 0. The van der Waals surface area contributed by atoms with Crippen LogP contribution in [0.1, 0.15) is 0 Å². The van der Waals surface area contributed by atoms with E-state index in [9.17, 15) is 0 Å². The van der Waals surface area contributed by atoms with Crippen molar-refractivity contribution in [1.82, 2.24) is 0 Å². The normalized spacial score (nSPS) is 5.00. The molecule has 0 aromatic heterocycles. The molecule has 5 heavy (non-hydrogen) atoms. The van der Waals surface area contributed by atoms with Gasteiger partial charge in [-0.05, 0) is 0 Å². The molecule has 0 radical (unpaired) electrons. The van der Waals surface area contributed by atoms with Crippen molar-refractivity contribution < 1.29 is 29.6 Å². The van der Waals surface area contributed by atoms with Gasteiger partial charge in [0, 0.05) is 0 Å².